The Labute approximate surface area is 237 Å². The minimum atomic E-state index is -0.715. The lowest BCUT2D eigenvalue weighted by Gasteiger charge is -2.25. The standard InChI is InChI=1S/C28H26BrClN2O5S/c1-6-11-36-25-20(29)12-17(13-21(25)35-5)14-22-26(33)32-24(18-7-9-19(30)10-8-18)23(27(34)37-15(2)3)16(4)31-28(32)38-22/h6-10,12-15,24H,1,11H2,2-5H3. The third-order valence-electron chi connectivity index (χ3n) is 5.67. The van der Waals surface area contributed by atoms with E-state index in [-0.39, 0.29) is 11.7 Å². The fourth-order valence-electron chi connectivity index (χ4n) is 4.08. The Hall–Kier alpha value is -3.14. The van der Waals surface area contributed by atoms with Crippen LogP contribution in [0.1, 0.15) is 37.9 Å². The number of aromatic nitrogens is 1. The highest BCUT2D eigenvalue weighted by Gasteiger charge is 2.33. The molecule has 0 saturated heterocycles. The summed E-state index contributed by atoms with van der Waals surface area (Å²) in [6.45, 7) is 9.30. The fraction of sp³-hybridized carbons (Fsp3) is 0.250. The molecule has 1 aliphatic rings. The quantitative estimate of drug-likeness (QED) is 0.257. The molecule has 38 heavy (non-hydrogen) atoms. The Kier molecular flexibility index (Phi) is 8.60. The van der Waals surface area contributed by atoms with Gasteiger partial charge in [0.1, 0.15) is 6.61 Å². The third-order valence-corrected chi connectivity index (χ3v) is 7.49. The third kappa shape index (κ3) is 5.65. The first kappa shape index (κ1) is 27.9. The van der Waals surface area contributed by atoms with E-state index < -0.39 is 12.0 Å². The van der Waals surface area contributed by atoms with Crippen molar-refractivity contribution < 1.29 is 19.0 Å². The van der Waals surface area contributed by atoms with Gasteiger partial charge in [-0.3, -0.25) is 9.36 Å². The Morgan fingerprint density at radius 1 is 1.29 bits per heavy atom. The molecule has 2 aromatic carbocycles. The lowest BCUT2D eigenvalue weighted by molar-refractivity contribution is -0.143. The Balaban J connectivity index is 1.90. The van der Waals surface area contributed by atoms with Crippen LogP contribution < -0.4 is 24.4 Å². The summed E-state index contributed by atoms with van der Waals surface area (Å²) in [7, 11) is 1.55. The van der Waals surface area contributed by atoms with Crippen molar-refractivity contribution in [1.82, 2.24) is 4.57 Å². The molecule has 4 rings (SSSR count). The van der Waals surface area contributed by atoms with Gasteiger partial charge in [0, 0.05) is 5.02 Å². The highest BCUT2D eigenvalue weighted by Crippen LogP contribution is 2.37. The molecule has 1 unspecified atom stereocenters. The van der Waals surface area contributed by atoms with Gasteiger partial charge in [-0.2, -0.15) is 0 Å². The van der Waals surface area contributed by atoms with Crippen LogP contribution in [0.5, 0.6) is 11.5 Å². The molecule has 0 N–H and O–H groups in total. The number of thiazole rings is 1. The predicted molar refractivity (Wildman–Crippen MR) is 153 cm³/mol. The van der Waals surface area contributed by atoms with Crippen molar-refractivity contribution in [3.05, 3.63) is 101 Å². The summed E-state index contributed by atoms with van der Waals surface area (Å²) >= 11 is 10.9. The van der Waals surface area contributed by atoms with Crippen molar-refractivity contribution in [1.29, 1.82) is 0 Å². The number of fused-ring (bicyclic) bond motifs is 1. The van der Waals surface area contributed by atoms with Gasteiger partial charge in [0.05, 0.1) is 39.5 Å². The molecule has 0 fully saturated rings. The van der Waals surface area contributed by atoms with Gasteiger partial charge in [0.2, 0.25) is 0 Å². The first-order chi connectivity index (χ1) is 18.1. The number of nitrogens with zero attached hydrogens (tertiary/aromatic N) is 2. The summed E-state index contributed by atoms with van der Waals surface area (Å²) in [6, 6.07) is 9.97. The van der Waals surface area contributed by atoms with Crippen molar-refractivity contribution in [3.63, 3.8) is 0 Å². The molecular formula is C28H26BrClN2O5S. The van der Waals surface area contributed by atoms with Crippen LogP contribution in [-0.2, 0) is 9.53 Å². The average molecular weight is 618 g/mol. The maximum absolute atomic E-state index is 13.8. The van der Waals surface area contributed by atoms with E-state index in [1.807, 2.05) is 6.07 Å². The lowest BCUT2D eigenvalue weighted by Crippen LogP contribution is -2.40. The SMILES string of the molecule is C=CCOc1c(Br)cc(C=c2sc3n(c2=O)C(c2ccc(Cl)cc2)C(C(=O)OC(C)C)=C(C)N=3)cc1OC. The van der Waals surface area contributed by atoms with Gasteiger partial charge in [-0.1, -0.05) is 47.7 Å². The molecule has 7 nitrogen and oxygen atoms in total. The molecular weight excluding hydrogens is 592 g/mol. The topological polar surface area (TPSA) is 79.1 Å². The number of benzene rings is 2. The smallest absolute Gasteiger partial charge is 0.338 e. The maximum Gasteiger partial charge on any atom is 0.338 e. The lowest BCUT2D eigenvalue weighted by atomic mass is 9.96. The van der Waals surface area contributed by atoms with Gasteiger partial charge in [-0.05, 0) is 78.2 Å². The molecule has 1 aromatic heterocycles. The van der Waals surface area contributed by atoms with Crippen molar-refractivity contribution in [2.24, 2.45) is 4.99 Å². The molecule has 0 aliphatic carbocycles. The fourth-order valence-corrected chi connectivity index (χ4v) is 5.82. The number of hydrogen-bond acceptors (Lipinski definition) is 7. The summed E-state index contributed by atoms with van der Waals surface area (Å²) in [5.41, 5.74) is 1.98. The summed E-state index contributed by atoms with van der Waals surface area (Å²) < 4.78 is 19.4. The number of carbonyl (C=O) groups excluding carboxylic acids is 1. The van der Waals surface area contributed by atoms with Crippen LogP contribution in [0.25, 0.3) is 6.08 Å². The van der Waals surface area contributed by atoms with E-state index in [2.05, 4.69) is 27.5 Å². The number of allylic oxidation sites excluding steroid dienone is 1. The largest absolute Gasteiger partial charge is 0.493 e. The van der Waals surface area contributed by atoms with E-state index in [0.29, 0.717) is 48.2 Å². The predicted octanol–water partition coefficient (Wildman–Crippen LogP) is 5.18. The molecule has 0 amide bonds. The molecule has 2 heterocycles. The van der Waals surface area contributed by atoms with E-state index in [0.717, 1.165) is 11.1 Å². The van der Waals surface area contributed by atoms with Gasteiger partial charge >= 0.3 is 5.97 Å². The van der Waals surface area contributed by atoms with Crippen LogP contribution >= 0.6 is 38.9 Å². The zero-order valence-electron chi connectivity index (χ0n) is 21.3. The highest BCUT2D eigenvalue weighted by molar-refractivity contribution is 9.10. The highest BCUT2D eigenvalue weighted by atomic mass is 79.9. The van der Waals surface area contributed by atoms with Gasteiger partial charge < -0.3 is 14.2 Å². The molecule has 1 aliphatic heterocycles. The van der Waals surface area contributed by atoms with Crippen molar-refractivity contribution >= 4 is 50.9 Å². The molecule has 0 bridgehead atoms. The second-order valence-corrected chi connectivity index (χ2v) is 11.0. The van der Waals surface area contributed by atoms with Crippen LogP contribution in [0.3, 0.4) is 0 Å². The van der Waals surface area contributed by atoms with E-state index in [1.165, 1.54) is 15.9 Å². The monoisotopic (exact) mass is 616 g/mol. The second kappa shape index (κ2) is 11.7. The second-order valence-electron chi connectivity index (χ2n) is 8.72. The number of rotatable bonds is 8. The summed E-state index contributed by atoms with van der Waals surface area (Å²) in [4.78, 5) is 32.1. The van der Waals surface area contributed by atoms with Crippen LogP contribution in [-0.4, -0.2) is 30.4 Å². The minimum absolute atomic E-state index is 0.280. The Morgan fingerprint density at radius 2 is 2.00 bits per heavy atom. The summed E-state index contributed by atoms with van der Waals surface area (Å²) in [5.74, 6) is 0.533. The van der Waals surface area contributed by atoms with Crippen molar-refractivity contribution in [3.8, 4) is 11.5 Å². The van der Waals surface area contributed by atoms with Crippen molar-refractivity contribution in [2.75, 3.05) is 13.7 Å². The molecule has 198 valence electrons. The number of halogens is 2. The molecule has 10 heteroatoms. The minimum Gasteiger partial charge on any atom is -0.493 e. The number of ether oxygens (including phenoxy) is 3. The molecule has 1 atom stereocenters. The van der Waals surface area contributed by atoms with E-state index in [4.69, 9.17) is 25.8 Å². The molecule has 3 aromatic rings. The van der Waals surface area contributed by atoms with Crippen molar-refractivity contribution in [2.45, 2.75) is 32.9 Å². The first-order valence-corrected chi connectivity index (χ1v) is 13.7. The number of esters is 1. The number of hydrogen-bond donors (Lipinski definition) is 0. The van der Waals surface area contributed by atoms with Gasteiger partial charge in [-0.15, -0.1) is 0 Å². The normalized spacial score (nSPS) is 15.2. The van der Waals surface area contributed by atoms with Gasteiger partial charge in [0.15, 0.2) is 16.3 Å². The average Bonchev–Trinajstić information content (AvgIpc) is 3.16. The van der Waals surface area contributed by atoms with E-state index in [9.17, 15) is 9.59 Å². The van der Waals surface area contributed by atoms with Crippen LogP contribution in [0.2, 0.25) is 5.02 Å². The molecule has 0 saturated carbocycles. The Morgan fingerprint density at radius 3 is 2.63 bits per heavy atom. The summed E-state index contributed by atoms with van der Waals surface area (Å²) in [6.07, 6.45) is 3.08. The zero-order chi connectivity index (χ0) is 27.6. The molecule has 0 spiro atoms. The Bertz CT molecular complexity index is 1610. The van der Waals surface area contributed by atoms with Crippen LogP contribution in [0.15, 0.2) is 74.6 Å². The van der Waals surface area contributed by atoms with E-state index in [1.54, 1.807) is 70.4 Å². The van der Waals surface area contributed by atoms with Crippen LogP contribution in [0, 0.1) is 0 Å². The van der Waals surface area contributed by atoms with E-state index >= 15 is 0 Å². The van der Waals surface area contributed by atoms with Gasteiger partial charge in [-0.25, -0.2) is 9.79 Å². The van der Waals surface area contributed by atoms with Crippen LogP contribution in [0.4, 0.5) is 0 Å². The first-order valence-electron chi connectivity index (χ1n) is 11.7. The summed E-state index contributed by atoms with van der Waals surface area (Å²) in [5, 5.41) is 0.549. The molecule has 0 radical (unpaired) electrons. The number of carbonyl (C=O) groups is 1. The van der Waals surface area contributed by atoms with Gasteiger partial charge in [0.25, 0.3) is 5.56 Å². The number of methoxy groups -OCH3 is 1. The zero-order valence-corrected chi connectivity index (χ0v) is 24.4. The maximum atomic E-state index is 13.8.